The zero-order valence-electron chi connectivity index (χ0n) is 42.5. The summed E-state index contributed by atoms with van der Waals surface area (Å²) in [6.45, 7) is 7.40. The molecule has 5 atom stereocenters. The fourth-order valence-corrected chi connectivity index (χ4v) is 9.48. The number of thioether (sulfide) groups is 1. The molecule has 3 aliphatic rings. The third-order valence-electron chi connectivity index (χ3n) is 11.9. The maximum atomic E-state index is 13.5. The summed E-state index contributed by atoms with van der Waals surface area (Å²) >= 11 is 1.88. The van der Waals surface area contributed by atoms with Gasteiger partial charge in [-0.1, -0.05) is 38.8 Å². The van der Waals surface area contributed by atoms with Crippen LogP contribution in [0.2, 0.25) is 0 Å². The van der Waals surface area contributed by atoms with Gasteiger partial charge in [-0.25, -0.2) is 14.4 Å². The maximum Gasteiger partial charge on any atom is 0.407 e. The summed E-state index contributed by atoms with van der Waals surface area (Å²) in [5.41, 5.74) is 6.23. The molecule has 74 heavy (non-hydrogen) atoms. The number of amides is 11. The minimum atomic E-state index is -1.04. The third-order valence-corrected chi connectivity index (χ3v) is 13.4. The lowest BCUT2D eigenvalue weighted by atomic mass is 10.0. The molecule has 412 valence electrons. The first-order valence-electron chi connectivity index (χ1n) is 25.4. The van der Waals surface area contributed by atoms with Gasteiger partial charge in [0.25, 0.3) is 11.8 Å². The summed E-state index contributed by atoms with van der Waals surface area (Å²) in [6.07, 6.45) is 7.15. The summed E-state index contributed by atoms with van der Waals surface area (Å²) < 4.78 is 27.3. The van der Waals surface area contributed by atoms with E-state index in [4.69, 9.17) is 29.4 Å². The average Bonchev–Trinajstić information content (AvgIpc) is 4.04. The van der Waals surface area contributed by atoms with Crippen LogP contribution in [0.15, 0.2) is 36.4 Å². The topological polar surface area (TPSA) is 325 Å². The van der Waals surface area contributed by atoms with Crippen LogP contribution in [-0.2, 0) is 59.1 Å². The molecule has 10 N–H and O–H groups in total. The number of nitrogens with two attached hydrogens (primary N) is 1. The van der Waals surface area contributed by atoms with Crippen molar-refractivity contribution in [2.75, 3.05) is 90.1 Å². The van der Waals surface area contributed by atoms with Crippen LogP contribution in [0.5, 0.6) is 0 Å². The monoisotopic (exact) mass is 1060 g/mol. The van der Waals surface area contributed by atoms with Crippen molar-refractivity contribution in [3.8, 4) is 0 Å². The van der Waals surface area contributed by atoms with Gasteiger partial charge in [0.05, 0.1) is 64.9 Å². The predicted octanol–water partition coefficient (Wildman–Crippen LogP) is 1.32. The van der Waals surface area contributed by atoms with Crippen LogP contribution in [0.4, 0.5) is 20.1 Å². The molecular formula is C49H76N10O14S. The van der Waals surface area contributed by atoms with Gasteiger partial charge in [-0.15, -0.1) is 0 Å². The molecule has 0 bridgehead atoms. The molecule has 0 saturated carbocycles. The van der Waals surface area contributed by atoms with E-state index in [-0.39, 0.29) is 93.4 Å². The van der Waals surface area contributed by atoms with Crippen LogP contribution >= 0.6 is 11.8 Å². The minimum Gasteiger partial charge on any atom is -0.445 e. The second-order valence-electron chi connectivity index (χ2n) is 18.1. The smallest absolute Gasteiger partial charge is 0.407 e. The number of urea groups is 2. The van der Waals surface area contributed by atoms with Gasteiger partial charge in [0.1, 0.15) is 18.7 Å². The number of hydrogen-bond acceptors (Lipinski definition) is 15. The van der Waals surface area contributed by atoms with Crippen LogP contribution in [0, 0.1) is 5.92 Å². The number of alkyl carbamates (subject to hydrolysis) is 1. The number of fused-ring (bicyclic) bond motifs is 1. The van der Waals surface area contributed by atoms with Crippen molar-refractivity contribution >= 4 is 71.0 Å². The highest BCUT2D eigenvalue weighted by Crippen LogP contribution is 2.33. The molecule has 0 aromatic heterocycles. The average molecular weight is 1060 g/mol. The summed E-state index contributed by atoms with van der Waals surface area (Å²) in [5, 5.41) is 22.6. The van der Waals surface area contributed by atoms with Gasteiger partial charge in [-0.05, 0) is 62.1 Å². The lowest BCUT2D eigenvalue weighted by molar-refractivity contribution is -0.137. The number of nitrogens with one attached hydrogen (secondary N) is 8. The van der Waals surface area contributed by atoms with E-state index < -0.39 is 36.0 Å². The van der Waals surface area contributed by atoms with Crippen LogP contribution in [-0.4, -0.2) is 173 Å². The molecule has 0 unspecified atom stereocenters. The van der Waals surface area contributed by atoms with Crippen molar-refractivity contribution in [2.24, 2.45) is 11.7 Å². The fourth-order valence-electron chi connectivity index (χ4n) is 7.94. The minimum absolute atomic E-state index is 0.00406. The molecule has 0 aliphatic carbocycles. The quantitative estimate of drug-likeness (QED) is 0.0256. The molecule has 24 nitrogen and oxygen atoms in total. The zero-order chi connectivity index (χ0) is 53.5. The Labute approximate surface area is 436 Å². The number of unbranched alkanes of at least 4 members (excludes halogenated alkanes) is 3. The lowest BCUT2D eigenvalue weighted by Gasteiger charge is -2.25. The molecule has 3 heterocycles. The summed E-state index contributed by atoms with van der Waals surface area (Å²) in [5.74, 6) is -1.56. The number of benzene rings is 1. The van der Waals surface area contributed by atoms with Crippen molar-refractivity contribution < 1.29 is 66.8 Å². The summed E-state index contributed by atoms with van der Waals surface area (Å²) in [4.78, 5) is 112. The first kappa shape index (κ1) is 60.5. The molecule has 0 spiro atoms. The Morgan fingerprint density at radius 3 is 1.97 bits per heavy atom. The van der Waals surface area contributed by atoms with Crippen LogP contribution in [0.1, 0.15) is 83.6 Å². The van der Waals surface area contributed by atoms with Gasteiger partial charge in [-0.3, -0.25) is 33.7 Å². The van der Waals surface area contributed by atoms with E-state index in [0.29, 0.717) is 101 Å². The standard InChI is InChI=1S/C49H76N10O14S/c1-33(2)43(57-40(61)12-4-3-7-22-59-41(62)17-18-42(59)63)46(65)55-36(9-8-19-52-47(50)66)45(64)54-35-15-13-34(14-16-35)31-73-49(68)53-21-24-70-26-28-72-30-29-71-27-25-69-23-20-51-39(60)11-6-5-10-38-44-37(32-74-38)56-48(67)58-44/h13-18,33,36-38,43-44H,3-12,19-32H2,1-2H3,(H,51,60)(H,53,68)(H,54,64)(H,55,65)(H,57,61)(H3,50,52,66)(H2,56,58,67)/t36-,37-,38-,43-,44-/m0/s1. The number of anilines is 1. The van der Waals surface area contributed by atoms with Gasteiger partial charge in [0, 0.05) is 67.9 Å². The van der Waals surface area contributed by atoms with Crippen LogP contribution < -0.4 is 48.3 Å². The van der Waals surface area contributed by atoms with E-state index in [9.17, 15) is 43.2 Å². The SMILES string of the molecule is CC(C)[C@H](NC(=O)CCCCCN1C(=O)C=CC1=O)C(=O)N[C@@H](CCCNC(N)=O)C(=O)Nc1ccc(COC(=O)NCCOCCOCCOCCOCCNC(=O)CCCC[C@@H]2SC[C@@H]3NC(=O)N[C@@H]32)cc1. The van der Waals surface area contributed by atoms with Crippen molar-refractivity contribution in [3.63, 3.8) is 0 Å². The maximum absolute atomic E-state index is 13.5. The normalized spacial score (nSPS) is 17.5. The van der Waals surface area contributed by atoms with Gasteiger partial charge >= 0.3 is 18.2 Å². The Kier molecular flexibility index (Phi) is 28.2. The number of ether oxygens (including phenoxy) is 5. The van der Waals surface area contributed by atoms with Crippen molar-refractivity contribution in [1.82, 2.24) is 42.1 Å². The number of nitrogens with zero attached hydrogens (tertiary/aromatic N) is 1. The Morgan fingerprint density at radius 2 is 1.32 bits per heavy atom. The number of carbonyl (C=O) groups is 9. The summed E-state index contributed by atoms with van der Waals surface area (Å²) in [6, 6.07) is 4.17. The predicted molar refractivity (Wildman–Crippen MR) is 273 cm³/mol. The highest BCUT2D eigenvalue weighted by atomic mass is 32.2. The van der Waals surface area contributed by atoms with Gasteiger partial charge < -0.3 is 72.0 Å². The Morgan fingerprint density at radius 1 is 0.703 bits per heavy atom. The van der Waals surface area contributed by atoms with E-state index in [1.54, 1.807) is 38.1 Å². The second-order valence-corrected chi connectivity index (χ2v) is 19.4. The molecule has 2 fully saturated rings. The second kappa shape index (κ2) is 34.5. The largest absolute Gasteiger partial charge is 0.445 e. The highest BCUT2D eigenvalue weighted by Gasteiger charge is 2.42. The van der Waals surface area contributed by atoms with Gasteiger partial charge in [0.2, 0.25) is 23.6 Å². The van der Waals surface area contributed by atoms with Gasteiger partial charge in [0.15, 0.2) is 0 Å². The molecule has 4 rings (SSSR count). The van der Waals surface area contributed by atoms with Gasteiger partial charge in [-0.2, -0.15) is 11.8 Å². The van der Waals surface area contributed by atoms with Crippen molar-refractivity contribution in [1.29, 1.82) is 0 Å². The Bertz CT molecular complexity index is 2000. The molecule has 2 saturated heterocycles. The van der Waals surface area contributed by atoms with E-state index in [2.05, 4.69) is 42.5 Å². The molecule has 11 amide bonds. The van der Waals surface area contributed by atoms with E-state index in [1.165, 1.54) is 12.2 Å². The van der Waals surface area contributed by atoms with E-state index >= 15 is 0 Å². The van der Waals surface area contributed by atoms with Crippen LogP contribution in [0.25, 0.3) is 0 Å². The number of carbonyl (C=O) groups excluding carboxylic acids is 9. The first-order valence-corrected chi connectivity index (χ1v) is 26.5. The number of rotatable bonds is 38. The summed E-state index contributed by atoms with van der Waals surface area (Å²) in [7, 11) is 0. The number of primary amides is 1. The Balaban J connectivity index is 0.988. The molecule has 3 aliphatic heterocycles. The van der Waals surface area contributed by atoms with Crippen molar-refractivity contribution in [3.05, 3.63) is 42.0 Å². The molecular weight excluding hydrogens is 985 g/mol. The lowest BCUT2D eigenvalue weighted by Crippen LogP contribution is -2.54. The number of hydrogen-bond donors (Lipinski definition) is 9. The van der Waals surface area contributed by atoms with E-state index in [0.717, 1.165) is 29.9 Å². The molecule has 1 aromatic rings. The molecule has 1 aromatic carbocycles. The molecule has 0 radical (unpaired) electrons. The first-order chi connectivity index (χ1) is 35.7. The van der Waals surface area contributed by atoms with Crippen LogP contribution in [0.3, 0.4) is 0 Å². The van der Waals surface area contributed by atoms with E-state index in [1.807, 2.05) is 11.8 Å². The fraction of sp³-hybridized carbons (Fsp3) is 0.653. The van der Waals surface area contributed by atoms with Crippen molar-refractivity contribution in [2.45, 2.75) is 114 Å². The highest BCUT2D eigenvalue weighted by molar-refractivity contribution is 8.00. The molecule has 25 heteroatoms. The third kappa shape index (κ3) is 23.9. The Hall–Kier alpha value is -6.02. The zero-order valence-corrected chi connectivity index (χ0v) is 43.4. The number of imide groups is 1.